The fourth-order valence-electron chi connectivity index (χ4n) is 1.15. The molecular weight excluding hydrogens is 264 g/mol. The fourth-order valence-corrected chi connectivity index (χ4v) is 2.93. The molecule has 1 unspecified atom stereocenters. The summed E-state index contributed by atoms with van der Waals surface area (Å²) in [4.78, 5) is -0.113. The Morgan fingerprint density at radius 2 is 2.24 bits per heavy atom. The smallest absolute Gasteiger partial charge is 0.242 e. The molecule has 92 valence electrons. The number of aliphatic hydroxyl groups excluding tert-OH is 1. The van der Waals surface area contributed by atoms with Crippen LogP contribution in [-0.2, 0) is 10.0 Å². The van der Waals surface area contributed by atoms with Crippen molar-refractivity contribution in [3.8, 4) is 6.07 Å². The second-order valence-corrected chi connectivity index (χ2v) is 5.55. The van der Waals surface area contributed by atoms with Gasteiger partial charge in [0.15, 0.2) is 0 Å². The van der Waals surface area contributed by atoms with Gasteiger partial charge in [0.05, 0.1) is 23.3 Å². The number of nitriles is 1. The maximum absolute atomic E-state index is 11.8. The van der Waals surface area contributed by atoms with Crippen molar-refractivity contribution >= 4 is 21.6 Å². The largest absolute Gasteiger partial charge is 0.395 e. The van der Waals surface area contributed by atoms with E-state index in [-0.39, 0.29) is 22.1 Å². The maximum Gasteiger partial charge on any atom is 0.242 e. The van der Waals surface area contributed by atoms with Crippen LogP contribution in [0.25, 0.3) is 0 Å². The SMILES string of the molecule is CC(CO)NS(=O)(=O)c1ccc(C#N)cc1Cl. The Kier molecular flexibility index (Phi) is 4.48. The zero-order valence-electron chi connectivity index (χ0n) is 9.01. The molecule has 1 aromatic carbocycles. The molecule has 0 saturated heterocycles. The first kappa shape index (κ1) is 13.9. The van der Waals surface area contributed by atoms with Crippen molar-refractivity contribution in [3.63, 3.8) is 0 Å². The monoisotopic (exact) mass is 274 g/mol. The van der Waals surface area contributed by atoms with E-state index in [1.54, 1.807) is 0 Å². The molecule has 0 fully saturated rings. The lowest BCUT2D eigenvalue weighted by Gasteiger charge is -2.12. The molecule has 0 aliphatic carbocycles. The Labute approximate surface area is 105 Å². The molecule has 0 heterocycles. The molecule has 0 saturated carbocycles. The Bertz CT molecular complexity index is 551. The van der Waals surface area contributed by atoms with E-state index in [1.807, 2.05) is 6.07 Å². The first-order chi connectivity index (χ1) is 7.90. The summed E-state index contributed by atoms with van der Waals surface area (Å²) in [5.41, 5.74) is 0.282. The predicted octanol–water partition coefficient (Wildman–Crippen LogP) is 0.871. The van der Waals surface area contributed by atoms with Gasteiger partial charge in [-0.05, 0) is 25.1 Å². The number of benzene rings is 1. The van der Waals surface area contributed by atoms with Gasteiger partial charge in [-0.2, -0.15) is 5.26 Å². The highest BCUT2D eigenvalue weighted by Gasteiger charge is 2.20. The van der Waals surface area contributed by atoms with Crippen LogP contribution in [0.1, 0.15) is 12.5 Å². The van der Waals surface area contributed by atoms with Crippen LogP contribution in [0.5, 0.6) is 0 Å². The fraction of sp³-hybridized carbons (Fsp3) is 0.300. The lowest BCUT2D eigenvalue weighted by Crippen LogP contribution is -2.35. The maximum atomic E-state index is 11.8. The molecule has 2 N–H and O–H groups in total. The van der Waals surface area contributed by atoms with Gasteiger partial charge < -0.3 is 5.11 Å². The van der Waals surface area contributed by atoms with Crippen LogP contribution in [0.15, 0.2) is 23.1 Å². The highest BCUT2D eigenvalue weighted by atomic mass is 35.5. The summed E-state index contributed by atoms with van der Waals surface area (Å²) in [7, 11) is -3.78. The summed E-state index contributed by atoms with van der Waals surface area (Å²) in [6.45, 7) is 1.21. The average molecular weight is 275 g/mol. The third-order valence-corrected chi connectivity index (χ3v) is 4.05. The van der Waals surface area contributed by atoms with Gasteiger partial charge in [-0.1, -0.05) is 11.6 Å². The number of nitrogens with zero attached hydrogens (tertiary/aromatic N) is 1. The van der Waals surface area contributed by atoms with Crippen molar-refractivity contribution in [3.05, 3.63) is 28.8 Å². The standard InChI is InChI=1S/C10H11ClN2O3S/c1-7(6-14)13-17(15,16)10-3-2-8(5-12)4-9(10)11/h2-4,7,13-14H,6H2,1H3. The third-order valence-electron chi connectivity index (χ3n) is 1.98. The van der Waals surface area contributed by atoms with Gasteiger partial charge in [0.2, 0.25) is 10.0 Å². The van der Waals surface area contributed by atoms with Crippen LogP contribution in [0.3, 0.4) is 0 Å². The summed E-state index contributed by atoms with van der Waals surface area (Å²) >= 11 is 5.79. The van der Waals surface area contributed by atoms with Crippen molar-refractivity contribution in [1.82, 2.24) is 4.72 Å². The zero-order valence-corrected chi connectivity index (χ0v) is 10.6. The topological polar surface area (TPSA) is 90.2 Å². The number of rotatable bonds is 4. The van der Waals surface area contributed by atoms with Crippen LogP contribution >= 0.6 is 11.6 Å². The third kappa shape index (κ3) is 3.41. The van der Waals surface area contributed by atoms with Crippen molar-refractivity contribution in [2.75, 3.05) is 6.61 Å². The molecular formula is C10H11ClN2O3S. The molecule has 0 aromatic heterocycles. The van der Waals surface area contributed by atoms with Gasteiger partial charge in [0.25, 0.3) is 0 Å². The first-order valence-corrected chi connectivity index (χ1v) is 6.59. The molecule has 0 radical (unpaired) electrons. The first-order valence-electron chi connectivity index (χ1n) is 4.73. The van der Waals surface area contributed by atoms with Crippen molar-refractivity contribution in [2.45, 2.75) is 17.9 Å². The summed E-state index contributed by atoms with van der Waals surface area (Å²) in [6.07, 6.45) is 0. The predicted molar refractivity (Wildman–Crippen MR) is 63.0 cm³/mol. The van der Waals surface area contributed by atoms with Crippen LogP contribution in [0, 0.1) is 11.3 Å². The minimum absolute atomic E-state index is 0.0262. The lowest BCUT2D eigenvalue weighted by atomic mass is 10.2. The van der Waals surface area contributed by atoms with E-state index in [0.717, 1.165) is 0 Å². The summed E-state index contributed by atoms with van der Waals surface area (Å²) in [5.74, 6) is 0. The zero-order chi connectivity index (χ0) is 13.1. The van der Waals surface area contributed by atoms with E-state index in [0.29, 0.717) is 0 Å². The highest BCUT2D eigenvalue weighted by Crippen LogP contribution is 2.22. The molecule has 0 spiro atoms. The van der Waals surface area contributed by atoms with Crippen LogP contribution in [0.4, 0.5) is 0 Å². The van der Waals surface area contributed by atoms with E-state index in [2.05, 4.69) is 4.72 Å². The Hall–Kier alpha value is -1.13. The molecule has 0 bridgehead atoms. The number of halogens is 1. The molecule has 1 aromatic rings. The summed E-state index contributed by atoms with van der Waals surface area (Å²) < 4.78 is 25.9. The van der Waals surface area contributed by atoms with Gasteiger partial charge in [-0.25, -0.2) is 13.1 Å². The van der Waals surface area contributed by atoms with Crippen LogP contribution in [0.2, 0.25) is 5.02 Å². The molecule has 7 heteroatoms. The lowest BCUT2D eigenvalue weighted by molar-refractivity contribution is 0.265. The number of aliphatic hydroxyl groups is 1. The van der Waals surface area contributed by atoms with Gasteiger partial charge in [0.1, 0.15) is 4.90 Å². The summed E-state index contributed by atoms with van der Waals surface area (Å²) in [6, 6.07) is 5.15. The number of sulfonamides is 1. The van der Waals surface area contributed by atoms with E-state index >= 15 is 0 Å². The second-order valence-electron chi connectivity index (χ2n) is 3.46. The molecule has 0 aliphatic rings. The van der Waals surface area contributed by atoms with Gasteiger partial charge in [-0.15, -0.1) is 0 Å². The number of nitrogens with one attached hydrogen (secondary N) is 1. The molecule has 1 rings (SSSR count). The van der Waals surface area contributed by atoms with Crippen molar-refractivity contribution < 1.29 is 13.5 Å². The minimum Gasteiger partial charge on any atom is -0.395 e. The van der Waals surface area contributed by atoms with E-state index in [9.17, 15) is 8.42 Å². The normalized spacial score (nSPS) is 13.1. The average Bonchev–Trinajstić information content (AvgIpc) is 2.27. The van der Waals surface area contributed by atoms with E-state index < -0.39 is 16.1 Å². The number of hydrogen-bond donors (Lipinski definition) is 2. The molecule has 1 atom stereocenters. The van der Waals surface area contributed by atoms with E-state index in [4.69, 9.17) is 22.0 Å². The van der Waals surface area contributed by atoms with Crippen molar-refractivity contribution in [1.29, 1.82) is 5.26 Å². The second kappa shape index (κ2) is 5.47. The van der Waals surface area contributed by atoms with Gasteiger partial charge >= 0.3 is 0 Å². The minimum atomic E-state index is -3.78. The Morgan fingerprint density at radius 3 is 2.71 bits per heavy atom. The van der Waals surface area contributed by atoms with E-state index in [1.165, 1.54) is 25.1 Å². The molecule has 0 amide bonds. The summed E-state index contributed by atoms with van der Waals surface area (Å²) in [5, 5.41) is 17.4. The molecule has 0 aliphatic heterocycles. The molecule has 17 heavy (non-hydrogen) atoms. The van der Waals surface area contributed by atoms with Crippen LogP contribution in [-0.4, -0.2) is 26.2 Å². The Morgan fingerprint density at radius 1 is 1.59 bits per heavy atom. The highest BCUT2D eigenvalue weighted by molar-refractivity contribution is 7.89. The quantitative estimate of drug-likeness (QED) is 0.852. The van der Waals surface area contributed by atoms with Crippen molar-refractivity contribution in [2.24, 2.45) is 0 Å². The Balaban J connectivity index is 3.13. The van der Waals surface area contributed by atoms with Gasteiger partial charge in [0, 0.05) is 6.04 Å². The number of hydrogen-bond acceptors (Lipinski definition) is 4. The van der Waals surface area contributed by atoms with Gasteiger partial charge in [-0.3, -0.25) is 0 Å². The molecule has 5 nitrogen and oxygen atoms in total. The van der Waals surface area contributed by atoms with Crippen LogP contribution < -0.4 is 4.72 Å².